The molecule has 1 aromatic carbocycles. The van der Waals surface area contributed by atoms with E-state index in [-0.39, 0.29) is 23.9 Å². The Hall–Kier alpha value is -1.10. The van der Waals surface area contributed by atoms with Gasteiger partial charge in [-0.15, -0.1) is 12.4 Å². The van der Waals surface area contributed by atoms with E-state index in [9.17, 15) is 4.79 Å². The molecule has 2 N–H and O–H groups in total. The van der Waals surface area contributed by atoms with Crippen molar-refractivity contribution >= 4 is 18.3 Å². The van der Waals surface area contributed by atoms with E-state index in [1.807, 2.05) is 18.2 Å². The number of rotatable bonds is 2. The maximum Gasteiger partial charge on any atom is 0.254 e. The van der Waals surface area contributed by atoms with Crippen LogP contribution in [0.5, 0.6) is 0 Å². The number of halogens is 1. The number of hydrogen-bond acceptors (Lipinski definition) is 3. The summed E-state index contributed by atoms with van der Waals surface area (Å²) in [6.45, 7) is 4.66. The topological polar surface area (TPSA) is 50.4 Å². The molecule has 5 heteroatoms. The molecule has 2 aliphatic rings. The molecular formula is C16H23ClN2O2. The molecule has 0 aliphatic carbocycles. The third-order valence-corrected chi connectivity index (χ3v) is 4.36. The molecule has 3 rings (SSSR count). The number of hydrogen-bond donors (Lipinski definition) is 2. The lowest BCUT2D eigenvalue weighted by Gasteiger charge is -2.37. The van der Waals surface area contributed by atoms with Crippen LogP contribution in [-0.2, 0) is 16.0 Å². The second kappa shape index (κ2) is 6.77. The van der Waals surface area contributed by atoms with E-state index in [2.05, 4.69) is 23.6 Å². The molecule has 0 spiro atoms. The lowest BCUT2D eigenvalue weighted by Crippen LogP contribution is -2.53. The van der Waals surface area contributed by atoms with Crippen LogP contribution >= 0.6 is 12.4 Å². The Labute approximate surface area is 132 Å². The summed E-state index contributed by atoms with van der Waals surface area (Å²) in [4.78, 5) is 12.6. The molecule has 0 aromatic heterocycles. The van der Waals surface area contributed by atoms with Crippen LogP contribution in [0.1, 0.15) is 37.0 Å². The maximum atomic E-state index is 12.6. The Morgan fingerprint density at radius 2 is 2.05 bits per heavy atom. The minimum Gasteiger partial charge on any atom is -0.363 e. The van der Waals surface area contributed by atoms with Crippen molar-refractivity contribution in [2.24, 2.45) is 0 Å². The number of ether oxygens (including phenoxy) is 1. The predicted octanol–water partition coefficient (Wildman–Crippen LogP) is 1.98. The smallest absolute Gasteiger partial charge is 0.254 e. The molecule has 1 unspecified atom stereocenters. The number of carbonyl (C=O) groups excluding carboxylic acids is 1. The second-order valence-electron chi connectivity index (χ2n) is 6.00. The van der Waals surface area contributed by atoms with Crippen LogP contribution in [-0.4, -0.2) is 31.1 Å². The molecule has 1 atom stereocenters. The summed E-state index contributed by atoms with van der Waals surface area (Å²) in [5.41, 5.74) is 2.14. The Balaban J connectivity index is 0.00000161. The van der Waals surface area contributed by atoms with Crippen molar-refractivity contribution in [3.05, 3.63) is 35.4 Å². The van der Waals surface area contributed by atoms with Crippen molar-refractivity contribution in [3.8, 4) is 0 Å². The van der Waals surface area contributed by atoms with E-state index >= 15 is 0 Å². The van der Waals surface area contributed by atoms with Crippen molar-refractivity contribution in [2.75, 3.05) is 19.7 Å². The molecule has 2 aliphatic heterocycles. The van der Waals surface area contributed by atoms with Gasteiger partial charge in [0.05, 0.1) is 6.61 Å². The van der Waals surface area contributed by atoms with Gasteiger partial charge in [0.15, 0.2) is 6.10 Å². The van der Waals surface area contributed by atoms with E-state index in [1.54, 1.807) is 0 Å². The maximum absolute atomic E-state index is 12.6. The highest BCUT2D eigenvalue weighted by Gasteiger charge is 2.33. The fraction of sp³-hybridized carbons (Fsp3) is 0.562. The summed E-state index contributed by atoms with van der Waals surface area (Å²) < 4.78 is 5.73. The van der Waals surface area contributed by atoms with Crippen molar-refractivity contribution in [3.63, 3.8) is 0 Å². The zero-order valence-corrected chi connectivity index (χ0v) is 13.2. The SMILES string of the molecule is CC1(NC(=O)C2OCCc3ccccc32)CCNCC1.Cl. The molecule has 0 radical (unpaired) electrons. The van der Waals surface area contributed by atoms with Gasteiger partial charge in [-0.2, -0.15) is 0 Å². The zero-order valence-electron chi connectivity index (χ0n) is 12.4. The zero-order chi connectivity index (χ0) is 14.0. The number of amides is 1. The molecular weight excluding hydrogens is 288 g/mol. The monoisotopic (exact) mass is 310 g/mol. The molecule has 1 saturated heterocycles. The van der Waals surface area contributed by atoms with Gasteiger partial charge >= 0.3 is 0 Å². The van der Waals surface area contributed by atoms with Crippen LogP contribution in [0.15, 0.2) is 24.3 Å². The van der Waals surface area contributed by atoms with E-state index < -0.39 is 6.10 Å². The minimum atomic E-state index is -0.452. The molecule has 21 heavy (non-hydrogen) atoms. The Bertz CT molecular complexity index is 501. The molecule has 0 saturated carbocycles. The Kier molecular flexibility index (Phi) is 5.25. The third kappa shape index (κ3) is 3.57. The van der Waals surface area contributed by atoms with Crippen LogP contribution in [0.3, 0.4) is 0 Å². The standard InChI is InChI=1S/C16H22N2O2.ClH/c1-16(7-9-17-10-8-16)18-15(19)14-13-5-3-2-4-12(13)6-11-20-14;/h2-5,14,17H,6-11H2,1H3,(H,18,19);1H. The highest BCUT2D eigenvalue weighted by atomic mass is 35.5. The summed E-state index contributed by atoms with van der Waals surface area (Å²) in [6.07, 6.45) is 2.37. The fourth-order valence-electron chi connectivity index (χ4n) is 3.08. The number of carbonyl (C=O) groups is 1. The average Bonchev–Trinajstić information content (AvgIpc) is 2.47. The first-order chi connectivity index (χ1) is 9.68. The van der Waals surface area contributed by atoms with Gasteiger partial charge in [0, 0.05) is 5.54 Å². The highest BCUT2D eigenvalue weighted by Crippen LogP contribution is 2.28. The lowest BCUT2D eigenvalue weighted by molar-refractivity contribution is -0.136. The van der Waals surface area contributed by atoms with Gasteiger partial charge in [0.25, 0.3) is 5.91 Å². The molecule has 2 heterocycles. The first-order valence-electron chi connectivity index (χ1n) is 7.40. The summed E-state index contributed by atoms with van der Waals surface area (Å²) in [7, 11) is 0. The van der Waals surface area contributed by atoms with E-state index in [1.165, 1.54) is 5.56 Å². The molecule has 1 amide bonds. The van der Waals surface area contributed by atoms with Crippen molar-refractivity contribution in [2.45, 2.75) is 37.8 Å². The predicted molar refractivity (Wildman–Crippen MR) is 84.7 cm³/mol. The van der Waals surface area contributed by atoms with Gasteiger partial charge in [-0.1, -0.05) is 24.3 Å². The first kappa shape index (κ1) is 16.3. The van der Waals surface area contributed by atoms with Gasteiger partial charge in [-0.05, 0) is 50.4 Å². The number of benzene rings is 1. The molecule has 1 aromatic rings. The molecule has 0 bridgehead atoms. The minimum absolute atomic E-state index is 0. The number of nitrogens with one attached hydrogen (secondary N) is 2. The van der Waals surface area contributed by atoms with E-state index in [0.717, 1.165) is 37.9 Å². The first-order valence-corrected chi connectivity index (χ1v) is 7.40. The van der Waals surface area contributed by atoms with Crippen LogP contribution in [0.4, 0.5) is 0 Å². The van der Waals surface area contributed by atoms with Crippen LogP contribution in [0.25, 0.3) is 0 Å². The third-order valence-electron chi connectivity index (χ3n) is 4.36. The quantitative estimate of drug-likeness (QED) is 0.878. The van der Waals surface area contributed by atoms with Gasteiger partial charge in [-0.25, -0.2) is 0 Å². The largest absolute Gasteiger partial charge is 0.363 e. The Morgan fingerprint density at radius 3 is 2.81 bits per heavy atom. The van der Waals surface area contributed by atoms with E-state index in [0.29, 0.717) is 6.61 Å². The molecule has 1 fully saturated rings. The normalized spacial score (nSPS) is 23.6. The van der Waals surface area contributed by atoms with Gasteiger partial charge in [0.2, 0.25) is 0 Å². The second-order valence-corrected chi connectivity index (χ2v) is 6.00. The lowest BCUT2D eigenvalue weighted by atomic mass is 9.89. The summed E-state index contributed by atoms with van der Waals surface area (Å²) in [6, 6.07) is 8.08. The Morgan fingerprint density at radius 1 is 1.33 bits per heavy atom. The molecule has 4 nitrogen and oxygen atoms in total. The summed E-state index contributed by atoms with van der Waals surface area (Å²) in [5.74, 6) is 0.00144. The number of fused-ring (bicyclic) bond motifs is 1. The highest BCUT2D eigenvalue weighted by molar-refractivity contribution is 5.85. The van der Waals surface area contributed by atoms with Crippen LogP contribution in [0, 0.1) is 0 Å². The van der Waals surface area contributed by atoms with Crippen molar-refractivity contribution in [1.82, 2.24) is 10.6 Å². The fourth-order valence-corrected chi connectivity index (χ4v) is 3.08. The average molecular weight is 311 g/mol. The summed E-state index contributed by atoms with van der Waals surface area (Å²) >= 11 is 0. The van der Waals surface area contributed by atoms with Crippen LogP contribution in [0.2, 0.25) is 0 Å². The van der Waals surface area contributed by atoms with Crippen molar-refractivity contribution < 1.29 is 9.53 Å². The van der Waals surface area contributed by atoms with Gasteiger partial charge in [0.1, 0.15) is 0 Å². The molecule has 116 valence electrons. The number of piperidine rings is 1. The van der Waals surface area contributed by atoms with Crippen LogP contribution < -0.4 is 10.6 Å². The van der Waals surface area contributed by atoms with Gasteiger partial charge in [-0.3, -0.25) is 4.79 Å². The van der Waals surface area contributed by atoms with Crippen molar-refractivity contribution in [1.29, 1.82) is 0 Å². The van der Waals surface area contributed by atoms with E-state index in [4.69, 9.17) is 4.74 Å². The summed E-state index contributed by atoms with van der Waals surface area (Å²) in [5, 5.41) is 6.53. The van der Waals surface area contributed by atoms with Gasteiger partial charge < -0.3 is 15.4 Å².